The molecular weight excluding hydrogens is 299 g/mol. The number of aromatic hydroxyl groups is 1. The van der Waals surface area contributed by atoms with Crippen molar-refractivity contribution in [2.45, 2.75) is 13.0 Å². The first-order valence-electron chi connectivity index (χ1n) is 5.93. The van der Waals surface area contributed by atoms with E-state index in [1.54, 1.807) is 42.0 Å². The first-order chi connectivity index (χ1) is 9.47. The van der Waals surface area contributed by atoms with Gasteiger partial charge in [0.05, 0.1) is 10.7 Å². The van der Waals surface area contributed by atoms with Crippen LogP contribution in [0.4, 0.5) is 5.69 Å². The molecule has 0 spiro atoms. The summed E-state index contributed by atoms with van der Waals surface area (Å²) in [6.07, 6.45) is 3.17. The van der Waals surface area contributed by atoms with Crippen LogP contribution in [-0.2, 0) is 4.79 Å². The number of halogens is 2. The molecule has 1 atom stereocenters. The smallest absolute Gasteiger partial charge is 0.293 e. The van der Waals surface area contributed by atoms with Crippen LogP contribution in [0.1, 0.15) is 13.0 Å². The number of carbonyl (C=O) groups excluding carboxylic acids is 1. The monoisotopic (exact) mass is 311 g/mol. The highest BCUT2D eigenvalue weighted by atomic mass is 35.5. The van der Waals surface area contributed by atoms with E-state index in [2.05, 4.69) is 5.32 Å². The van der Waals surface area contributed by atoms with E-state index in [1.165, 1.54) is 12.3 Å². The van der Waals surface area contributed by atoms with Crippen molar-refractivity contribution in [1.29, 1.82) is 0 Å². The number of rotatable bonds is 3. The topological polar surface area (TPSA) is 53.2 Å². The van der Waals surface area contributed by atoms with E-state index in [9.17, 15) is 9.90 Å². The largest absolute Gasteiger partial charge is 0.503 e. The fourth-order valence-electron chi connectivity index (χ4n) is 1.69. The fraction of sp³-hybridized carbons (Fsp3) is 0.143. The second-order valence-corrected chi connectivity index (χ2v) is 5.14. The third kappa shape index (κ3) is 3.40. The van der Waals surface area contributed by atoms with Gasteiger partial charge in [-0.3, -0.25) is 4.79 Å². The first kappa shape index (κ1) is 14.6. The Hall–Kier alpha value is -1.78. The van der Waals surface area contributed by atoms with Gasteiger partial charge in [-0.05, 0) is 24.3 Å². The summed E-state index contributed by atoms with van der Waals surface area (Å²) in [7, 11) is 0. The predicted octanol–water partition coefficient (Wildman–Crippen LogP) is 3.19. The molecule has 1 aromatic heterocycles. The Labute approximate surface area is 126 Å². The number of hydrogen-bond donors (Lipinski definition) is 2. The summed E-state index contributed by atoms with van der Waals surface area (Å²) in [6, 6.07) is 7.54. The average molecular weight is 312 g/mol. The standard InChI is InChI=1S/C14H12Cl2N2O2/c1-9(18-6-2-3-11(19)8-18)14(20)17-13-7-10(15)4-5-12(13)16/h2-9H,1H3,(H-,17,19,20)/p+1/t9-/m0/s1. The summed E-state index contributed by atoms with van der Waals surface area (Å²) < 4.78 is 1.60. The van der Waals surface area contributed by atoms with Gasteiger partial charge < -0.3 is 10.4 Å². The van der Waals surface area contributed by atoms with Crippen molar-refractivity contribution in [1.82, 2.24) is 0 Å². The molecule has 0 radical (unpaired) electrons. The lowest BCUT2D eigenvalue weighted by Gasteiger charge is -2.10. The van der Waals surface area contributed by atoms with Crippen molar-refractivity contribution >= 4 is 34.8 Å². The Morgan fingerprint density at radius 1 is 1.35 bits per heavy atom. The lowest BCUT2D eigenvalue weighted by atomic mass is 10.2. The molecule has 0 bridgehead atoms. The number of nitrogens with one attached hydrogen (secondary N) is 1. The fourth-order valence-corrected chi connectivity index (χ4v) is 2.02. The second kappa shape index (κ2) is 6.11. The summed E-state index contributed by atoms with van der Waals surface area (Å²) in [6.45, 7) is 1.72. The molecule has 2 aromatic rings. The maximum Gasteiger partial charge on any atom is 0.293 e. The van der Waals surface area contributed by atoms with Crippen LogP contribution in [0.3, 0.4) is 0 Å². The number of anilines is 1. The highest BCUT2D eigenvalue weighted by molar-refractivity contribution is 6.35. The zero-order chi connectivity index (χ0) is 14.7. The number of amides is 1. The van der Waals surface area contributed by atoms with E-state index in [0.29, 0.717) is 15.7 Å². The summed E-state index contributed by atoms with van der Waals surface area (Å²) in [5.74, 6) is -0.169. The molecular formula is C14H13Cl2N2O2+. The molecule has 0 aliphatic rings. The van der Waals surface area contributed by atoms with Gasteiger partial charge in [-0.15, -0.1) is 0 Å². The SMILES string of the molecule is C[C@@H](C(=O)Nc1cc(Cl)ccc1Cl)[n+]1cccc(O)c1. The molecule has 0 aliphatic carbocycles. The van der Waals surface area contributed by atoms with Crippen molar-refractivity contribution in [3.05, 3.63) is 52.8 Å². The molecule has 0 aliphatic heterocycles. The first-order valence-corrected chi connectivity index (χ1v) is 6.68. The van der Waals surface area contributed by atoms with Gasteiger partial charge in [0.2, 0.25) is 12.2 Å². The molecule has 2 N–H and O–H groups in total. The molecule has 20 heavy (non-hydrogen) atoms. The third-order valence-electron chi connectivity index (χ3n) is 2.82. The molecule has 1 aromatic carbocycles. The van der Waals surface area contributed by atoms with Gasteiger partial charge in [-0.1, -0.05) is 23.2 Å². The number of carbonyl (C=O) groups is 1. The zero-order valence-electron chi connectivity index (χ0n) is 10.7. The maximum atomic E-state index is 12.2. The Morgan fingerprint density at radius 2 is 2.10 bits per heavy atom. The third-order valence-corrected chi connectivity index (χ3v) is 3.38. The van der Waals surface area contributed by atoms with Gasteiger partial charge in [0.15, 0.2) is 11.9 Å². The number of hydrogen-bond acceptors (Lipinski definition) is 2. The van der Waals surface area contributed by atoms with Crippen LogP contribution in [0.15, 0.2) is 42.7 Å². The molecule has 0 unspecified atom stereocenters. The van der Waals surface area contributed by atoms with Gasteiger partial charge in [0, 0.05) is 18.0 Å². The van der Waals surface area contributed by atoms with E-state index in [-0.39, 0.29) is 11.7 Å². The molecule has 0 saturated carbocycles. The number of nitrogens with zero attached hydrogens (tertiary/aromatic N) is 1. The van der Waals surface area contributed by atoms with Crippen LogP contribution in [0.5, 0.6) is 5.75 Å². The van der Waals surface area contributed by atoms with Gasteiger partial charge in [0.1, 0.15) is 0 Å². The van der Waals surface area contributed by atoms with Crippen LogP contribution < -0.4 is 9.88 Å². The van der Waals surface area contributed by atoms with Crippen molar-refractivity contribution in [2.24, 2.45) is 0 Å². The molecule has 0 fully saturated rings. The van der Waals surface area contributed by atoms with Gasteiger partial charge >= 0.3 is 0 Å². The van der Waals surface area contributed by atoms with Crippen molar-refractivity contribution < 1.29 is 14.5 Å². The molecule has 6 heteroatoms. The van der Waals surface area contributed by atoms with Crippen LogP contribution in [0.25, 0.3) is 0 Å². The predicted molar refractivity (Wildman–Crippen MR) is 78.1 cm³/mol. The minimum atomic E-state index is -0.503. The molecule has 4 nitrogen and oxygen atoms in total. The van der Waals surface area contributed by atoms with Crippen molar-refractivity contribution in [3.63, 3.8) is 0 Å². The van der Waals surface area contributed by atoms with Crippen LogP contribution in [0, 0.1) is 0 Å². The number of pyridine rings is 1. The second-order valence-electron chi connectivity index (χ2n) is 4.30. The van der Waals surface area contributed by atoms with Crippen LogP contribution >= 0.6 is 23.2 Å². The Balaban J connectivity index is 2.17. The lowest BCUT2D eigenvalue weighted by Crippen LogP contribution is -2.43. The summed E-state index contributed by atoms with van der Waals surface area (Å²) >= 11 is 11.9. The summed E-state index contributed by atoms with van der Waals surface area (Å²) in [5, 5.41) is 13.0. The maximum absolute atomic E-state index is 12.2. The Kier molecular flexibility index (Phi) is 4.47. The van der Waals surface area contributed by atoms with E-state index in [0.717, 1.165) is 0 Å². The van der Waals surface area contributed by atoms with Crippen LogP contribution in [0.2, 0.25) is 10.0 Å². The lowest BCUT2D eigenvalue weighted by molar-refractivity contribution is -0.705. The number of aromatic nitrogens is 1. The van der Waals surface area contributed by atoms with Gasteiger partial charge in [0.25, 0.3) is 5.91 Å². The average Bonchev–Trinajstić information content (AvgIpc) is 2.42. The van der Waals surface area contributed by atoms with Crippen LogP contribution in [-0.4, -0.2) is 11.0 Å². The molecule has 2 rings (SSSR count). The van der Waals surface area contributed by atoms with E-state index in [1.807, 2.05) is 0 Å². The molecule has 1 heterocycles. The minimum absolute atomic E-state index is 0.0907. The highest BCUT2D eigenvalue weighted by Crippen LogP contribution is 2.25. The van der Waals surface area contributed by atoms with E-state index in [4.69, 9.17) is 23.2 Å². The van der Waals surface area contributed by atoms with Crippen molar-refractivity contribution in [3.8, 4) is 5.75 Å². The van der Waals surface area contributed by atoms with E-state index >= 15 is 0 Å². The highest BCUT2D eigenvalue weighted by Gasteiger charge is 2.23. The number of benzene rings is 1. The van der Waals surface area contributed by atoms with Gasteiger partial charge in [-0.25, -0.2) is 0 Å². The zero-order valence-corrected chi connectivity index (χ0v) is 12.2. The minimum Gasteiger partial charge on any atom is -0.503 e. The Bertz CT molecular complexity index is 647. The molecule has 1 amide bonds. The Morgan fingerprint density at radius 3 is 2.80 bits per heavy atom. The molecule has 0 saturated heterocycles. The summed E-state index contributed by atoms with van der Waals surface area (Å²) in [5.41, 5.74) is 0.455. The molecule has 104 valence electrons. The normalized spacial score (nSPS) is 11.9. The van der Waals surface area contributed by atoms with Gasteiger partial charge in [-0.2, -0.15) is 4.57 Å². The van der Waals surface area contributed by atoms with E-state index < -0.39 is 6.04 Å². The van der Waals surface area contributed by atoms with Crippen molar-refractivity contribution in [2.75, 3.05) is 5.32 Å². The quantitative estimate of drug-likeness (QED) is 0.855. The summed E-state index contributed by atoms with van der Waals surface area (Å²) in [4.78, 5) is 12.2.